The van der Waals surface area contributed by atoms with Gasteiger partial charge in [0.2, 0.25) is 0 Å². The lowest BCUT2D eigenvalue weighted by molar-refractivity contribution is 0.0945. The van der Waals surface area contributed by atoms with Crippen LogP contribution >= 0.6 is 10.7 Å². The highest BCUT2D eigenvalue weighted by molar-refractivity contribution is 8.13. The van der Waals surface area contributed by atoms with E-state index in [9.17, 15) is 13.2 Å². The van der Waals surface area contributed by atoms with E-state index in [1.165, 1.54) is 24.3 Å². The van der Waals surface area contributed by atoms with Crippen molar-refractivity contribution in [2.75, 3.05) is 6.54 Å². The van der Waals surface area contributed by atoms with Crippen molar-refractivity contribution >= 4 is 25.6 Å². The maximum Gasteiger partial charge on any atom is 0.261 e. The van der Waals surface area contributed by atoms with Crippen LogP contribution < -0.4 is 5.32 Å². The van der Waals surface area contributed by atoms with Gasteiger partial charge in [0.1, 0.15) is 0 Å². The Bertz CT molecular complexity index is 538. The van der Waals surface area contributed by atoms with Crippen molar-refractivity contribution in [1.82, 2.24) is 5.32 Å². The van der Waals surface area contributed by atoms with Gasteiger partial charge in [-0.15, -0.1) is 0 Å². The number of halogens is 1. The summed E-state index contributed by atoms with van der Waals surface area (Å²) in [4.78, 5) is 11.8. The van der Waals surface area contributed by atoms with Gasteiger partial charge in [-0.2, -0.15) is 0 Å². The molecule has 6 heteroatoms. The van der Waals surface area contributed by atoms with Crippen LogP contribution in [0.2, 0.25) is 0 Å². The van der Waals surface area contributed by atoms with E-state index in [2.05, 4.69) is 26.1 Å². The van der Waals surface area contributed by atoms with Crippen molar-refractivity contribution < 1.29 is 13.2 Å². The highest BCUT2D eigenvalue weighted by Crippen LogP contribution is 2.15. The monoisotopic (exact) mass is 303 g/mol. The number of rotatable bonds is 5. The van der Waals surface area contributed by atoms with E-state index in [1.54, 1.807) is 0 Å². The molecule has 19 heavy (non-hydrogen) atoms. The molecule has 1 amide bonds. The van der Waals surface area contributed by atoms with Crippen LogP contribution in [0.25, 0.3) is 0 Å². The first-order valence-corrected chi connectivity index (χ1v) is 8.35. The van der Waals surface area contributed by atoms with Gasteiger partial charge in [0.05, 0.1) is 4.90 Å². The van der Waals surface area contributed by atoms with Gasteiger partial charge >= 0.3 is 0 Å². The summed E-state index contributed by atoms with van der Waals surface area (Å²) in [6.07, 6.45) is 0. The van der Waals surface area contributed by atoms with Crippen LogP contribution in [-0.2, 0) is 9.05 Å². The summed E-state index contributed by atoms with van der Waals surface area (Å²) in [5.41, 5.74) is 0.417. The van der Waals surface area contributed by atoms with Crippen molar-refractivity contribution in [2.24, 2.45) is 11.8 Å². The molecule has 1 aromatic carbocycles. The average Bonchev–Trinajstić information content (AvgIpc) is 2.34. The first kappa shape index (κ1) is 16.0. The first-order valence-electron chi connectivity index (χ1n) is 6.04. The smallest absolute Gasteiger partial charge is 0.261 e. The zero-order valence-electron chi connectivity index (χ0n) is 11.2. The number of carbonyl (C=O) groups excluding carboxylic acids is 1. The van der Waals surface area contributed by atoms with Gasteiger partial charge in [-0.3, -0.25) is 4.79 Å². The number of benzene rings is 1. The highest BCUT2D eigenvalue weighted by Gasteiger charge is 2.13. The van der Waals surface area contributed by atoms with E-state index in [0.717, 1.165) is 0 Å². The Morgan fingerprint density at radius 3 is 2.16 bits per heavy atom. The maximum absolute atomic E-state index is 11.8. The molecule has 0 bridgehead atoms. The molecule has 106 valence electrons. The zero-order chi connectivity index (χ0) is 14.6. The summed E-state index contributed by atoms with van der Waals surface area (Å²) in [7, 11) is 1.46. The normalized spacial score (nSPS) is 13.3. The molecule has 0 saturated heterocycles. The molecule has 0 saturated carbocycles. The van der Waals surface area contributed by atoms with Gasteiger partial charge in [0, 0.05) is 22.8 Å². The Hall–Kier alpha value is -1.07. The fourth-order valence-corrected chi connectivity index (χ4v) is 2.13. The number of carbonyl (C=O) groups is 1. The Labute approximate surface area is 118 Å². The van der Waals surface area contributed by atoms with Crippen molar-refractivity contribution in [3.8, 4) is 0 Å². The lowest BCUT2D eigenvalue weighted by atomic mass is 9.98. The van der Waals surface area contributed by atoms with Gasteiger partial charge < -0.3 is 5.32 Å². The van der Waals surface area contributed by atoms with Crippen LogP contribution in [-0.4, -0.2) is 20.9 Å². The van der Waals surface area contributed by atoms with Crippen LogP contribution in [0.1, 0.15) is 31.1 Å². The first-order chi connectivity index (χ1) is 8.71. The molecule has 1 rings (SSSR count). The molecule has 0 aliphatic heterocycles. The highest BCUT2D eigenvalue weighted by atomic mass is 35.7. The average molecular weight is 304 g/mol. The van der Waals surface area contributed by atoms with Gasteiger partial charge in [-0.25, -0.2) is 8.42 Å². The predicted octanol–water partition coefficient (Wildman–Crippen LogP) is 2.64. The van der Waals surface area contributed by atoms with E-state index in [1.807, 2.05) is 0 Å². The summed E-state index contributed by atoms with van der Waals surface area (Å²) < 4.78 is 22.1. The minimum absolute atomic E-state index is 0.0127. The second kappa shape index (κ2) is 6.39. The van der Waals surface area contributed by atoms with Crippen molar-refractivity contribution in [3.05, 3.63) is 29.8 Å². The molecule has 0 aromatic heterocycles. The summed E-state index contributed by atoms with van der Waals surface area (Å²) >= 11 is 0. The van der Waals surface area contributed by atoms with Gasteiger partial charge in [0.15, 0.2) is 0 Å². The van der Waals surface area contributed by atoms with E-state index in [0.29, 0.717) is 23.9 Å². The Morgan fingerprint density at radius 1 is 1.21 bits per heavy atom. The fourth-order valence-electron chi connectivity index (χ4n) is 1.36. The molecular weight excluding hydrogens is 286 g/mol. The molecule has 1 atom stereocenters. The third-order valence-corrected chi connectivity index (χ3v) is 4.49. The Kier molecular flexibility index (Phi) is 5.38. The Balaban J connectivity index is 2.69. The van der Waals surface area contributed by atoms with E-state index in [4.69, 9.17) is 10.7 Å². The van der Waals surface area contributed by atoms with Crippen molar-refractivity contribution in [2.45, 2.75) is 25.7 Å². The topological polar surface area (TPSA) is 63.2 Å². The molecular formula is C13H18ClNO3S. The van der Waals surface area contributed by atoms with Gasteiger partial charge in [0.25, 0.3) is 15.0 Å². The van der Waals surface area contributed by atoms with Crippen LogP contribution in [0.5, 0.6) is 0 Å². The quantitative estimate of drug-likeness (QED) is 0.851. The molecule has 1 unspecified atom stereocenters. The number of hydrogen-bond acceptors (Lipinski definition) is 3. The van der Waals surface area contributed by atoms with Crippen molar-refractivity contribution in [1.29, 1.82) is 0 Å². The lowest BCUT2D eigenvalue weighted by Crippen LogP contribution is -2.30. The minimum Gasteiger partial charge on any atom is -0.352 e. The molecule has 0 spiro atoms. The molecule has 0 radical (unpaired) electrons. The molecule has 1 aromatic rings. The van der Waals surface area contributed by atoms with Crippen LogP contribution in [0, 0.1) is 11.8 Å². The van der Waals surface area contributed by atoms with Crippen LogP contribution in [0.4, 0.5) is 0 Å². The molecule has 0 heterocycles. The van der Waals surface area contributed by atoms with Gasteiger partial charge in [-0.1, -0.05) is 20.8 Å². The summed E-state index contributed by atoms with van der Waals surface area (Å²) in [6, 6.07) is 5.54. The van der Waals surface area contributed by atoms with Crippen LogP contribution in [0.3, 0.4) is 0 Å². The van der Waals surface area contributed by atoms with Gasteiger partial charge in [-0.05, 0) is 36.1 Å². The summed E-state index contributed by atoms with van der Waals surface area (Å²) in [5.74, 6) is 0.654. The zero-order valence-corrected chi connectivity index (χ0v) is 12.8. The molecule has 0 fully saturated rings. The van der Waals surface area contributed by atoms with Crippen molar-refractivity contribution in [3.63, 3.8) is 0 Å². The summed E-state index contributed by atoms with van der Waals surface area (Å²) in [5, 5.41) is 2.82. The predicted molar refractivity (Wildman–Crippen MR) is 75.8 cm³/mol. The minimum atomic E-state index is -3.74. The molecule has 1 N–H and O–H groups in total. The largest absolute Gasteiger partial charge is 0.352 e. The van der Waals surface area contributed by atoms with E-state index >= 15 is 0 Å². The molecule has 0 aliphatic carbocycles. The standard InChI is InChI=1S/C13H18ClNO3S/c1-9(2)10(3)8-15-13(16)11-4-6-12(7-5-11)19(14,17)18/h4-7,9-10H,8H2,1-3H3,(H,15,16). The van der Waals surface area contributed by atoms with E-state index < -0.39 is 9.05 Å². The second-order valence-electron chi connectivity index (χ2n) is 4.89. The number of nitrogens with one attached hydrogen (secondary N) is 1. The lowest BCUT2D eigenvalue weighted by Gasteiger charge is -2.16. The third kappa shape index (κ3) is 4.84. The van der Waals surface area contributed by atoms with E-state index in [-0.39, 0.29) is 10.8 Å². The number of hydrogen-bond donors (Lipinski definition) is 1. The fraction of sp³-hybridized carbons (Fsp3) is 0.462. The Morgan fingerprint density at radius 2 is 1.74 bits per heavy atom. The molecule has 0 aliphatic rings. The van der Waals surface area contributed by atoms with Crippen LogP contribution in [0.15, 0.2) is 29.2 Å². The summed E-state index contributed by atoms with van der Waals surface area (Å²) in [6.45, 7) is 6.84. The number of amides is 1. The SMILES string of the molecule is CC(C)C(C)CNC(=O)c1ccc(S(=O)(=O)Cl)cc1. The third-order valence-electron chi connectivity index (χ3n) is 3.12. The molecule has 4 nitrogen and oxygen atoms in total. The maximum atomic E-state index is 11.8. The second-order valence-corrected chi connectivity index (χ2v) is 7.46.